The fraction of sp³-hybridized carbons (Fsp3) is 0.750. The minimum atomic E-state index is -1.66. The summed E-state index contributed by atoms with van der Waals surface area (Å²) in [6.07, 6.45) is -0.916. The van der Waals surface area contributed by atoms with Gasteiger partial charge in [-0.3, -0.25) is 0 Å². The summed E-state index contributed by atoms with van der Waals surface area (Å²) in [5, 5.41) is 17.9. The molecule has 1 atom stereocenters. The van der Waals surface area contributed by atoms with Gasteiger partial charge in [0.2, 0.25) is 0 Å². The Balaban J connectivity index is 2.81. The first-order valence-electron chi connectivity index (χ1n) is 5.92. The van der Waals surface area contributed by atoms with Crippen molar-refractivity contribution in [1.29, 1.82) is 5.26 Å². The quantitative estimate of drug-likeness (QED) is 0.803. The predicted octanol–water partition coefficient (Wildman–Crippen LogP) is 0.991. The van der Waals surface area contributed by atoms with E-state index in [1.807, 2.05) is 0 Å². The lowest BCUT2D eigenvalue weighted by molar-refractivity contribution is -0.175. The minimum absolute atomic E-state index is 0.0627. The average Bonchev–Trinajstić information content (AvgIpc) is 2.27. The number of ether oxygens (including phenoxy) is 2. The smallest absolute Gasteiger partial charge is 0.410 e. The third-order valence-corrected chi connectivity index (χ3v) is 2.59. The Morgan fingerprint density at radius 1 is 1.53 bits per heavy atom. The van der Waals surface area contributed by atoms with Crippen LogP contribution >= 0.6 is 0 Å². The first-order valence-corrected chi connectivity index (χ1v) is 5.92. The van der Waals surface area contributed by atoms with Gasteiger partial charge in [0.15, 0.2) is 5.60 Å². The molecule has 7 heteroatoms. The van der Waals surface area contributed by atoms with E-state index in [-0.39, 0.29) is 26.1 Å². The number of hydrogen-bond donors (Lipinski definition) is 1. The Kier molecular flexibility index (Phi) is 4.37. The van der Waals surface area contributed by atoms with E-state index in [9.17, 15) is 14.7 Å². The maximum atomic E-state index is 11.9. The van der Waals surface area contributed by atoms with Crippen LogP contribution in [0.15, 0.2) is 0 Å². The van der Waals surface area contributed by atoms with Crippen molar-refractivity contribution in [3.05, 3.63) is 0 Å². The average molecular weight is 270 g/mol. The highest BCUT2D eigenvalue weighted by molar-refractivity contribution is 5.80. The Morgan fingerprint density at radius 2 is 2.16 bits per heavy atom. The van der Waals surface area contributed by atoms with Crippen LogP contribution in [0, 0.1) is 11.3 Å². The molecule has 1 saturated heterocycles. The van der Waals surface area contributed by atoms with E-state index in [0.717, 1.165) is 0 Å². The molecular formula is C12H18N2O5. The van der Waals surface area contributed by atoms with Crippen LogP contribution in [-0.4, -0.2) is 53.0 Å². The van der Waals surface area contributed by atoms with Gasteiger partial charge in [-0.05, 0) is 20.8 Å². The summed E-state index contributed by atoms with van der Waals surface area (Å²) < 4.78 is 10.4. The van der Waals surface area contributed by atoms with Crippen LogP contribution in [0.1, 0.15) is 27.2 Å². The van der Waals surface area contributed by atoms with E-state index in [0.29, 0.717) is 0 Å². The number of nitrogens with zero attached hydrogens (tertiary/aromatic N) is 2. The summed E-state index contributed by atoms with van der Waals surface area (Å²) in [6, 6.07) is 1.78. The highest BCUT2D eigenvalue weighted by Crippen LogP contribution is 2.23. The van der Waals surface area contributed by atoms with Crippen LogP contribution in [0.5, 0.6) is 0 Å². The monoisotopic (exact) mass is 270 g/mol. The molecule has 0 aromatic rings. The molecule has 0 bridgehead atoms. The highest BCUT2D eigenvalue weighted by Gasteiger charge is 2.46. The second kappa shape index (κ2) is 5.45. The van der Waals surface area contributed by atoms with Gasteiger partial charge in [-0.2, -0.15) is 5.26 Å². The lowest BCUT2D eigenvalue weighted by Crippen LogP contribution is -2.58. The fourth-order valence-corrected chi connectivity index (χ4v) is 1.71. The molecule has 1 aliphatic rings. The third-order valence-electron chi connectivity index (χ3n) is 2.59. The summed E-state index contributed by atoms with van der Waals surface area (Å²) in [6.45, 7) is 5.30. The van der Waals surface area contributed by atoms with Crippen molar-refractivity contribution >= 4 is 12.1 Å². The van der Waals surface area contributed by atoms with Crippen molar-refractivity contribution in [1.82, 2.24) is 4.90 Å². The number of carbonyl (C=O) groups is 2. The van der Waals surface area contributed by atoms with Crippen molar-refractivity contribution in [3.63, 3.8) is 0 Å². The molecule has 0 spiro atoms. The van der Waals surface area contributed by atoms with Crippen LogP contribution in [-0.2, 0) is 14.3 Å². The fourth-order valence-electron chi connectivity index (χ4n) is 1.71. The van der Waals surface area contributed by atoms with E-state index < -0.39 is 23.3 Å². The second-order valence-corrected chi connectivity index (χ2v) is 5.38. The first-order chi connectivity index (χ1) is 8.70. The molecule has 1 N–H and O–H groups in total. The number of nitriles is 1. The summed E-state index contributed by atoms with van der Waals surface area (Å²) in [5.41, 5.74) is -2.32. The molecule has 1 unspecified atom stereocenters. The van der Waals surface area contributed by atoms with Crippen LogP contribution in [0.2, 0.25) is 0 Å². The summed E-state index contributed by atoms with van der Waals surface area (Å²) >= 11 is 0. The second-order valence-electron chi connectivity index (χ2n) is 5.38. The number of carbonyl (C=O) groups excluding carboxylic acids is 1. The maximum absolute atomic E-state index is 11.9. The van der Waals surface area contributed by atoms with E-state index in [1.165, 1.54) is 4.90 Å². The van der Waals surface area contributed by atoms with Gasteiger partial charge in [-0.15, -0.1) is 0 Å². The Bertz CT molecular complexity index is 409. The number of carboxylic acids is 1. The SMILES string of the molecule is CC(C)(C)OC(=O)N1CCOC(CC#N)(C(=O)O)C1. The van der Waals surface area contributed by atoms with Crippen LogP contribution < -0.4 is 0 Å². The van der Waals surface area contributed by atoms with Crippen molar-refractivity contribution < 1.29 is 24.2 Å². The van der Waals surface area contributed by atoms with Gasteiger partial charge in [0.05, 0.1) is 25.6 Å². The molecule has 1 heterocycles. The zero-order valence-corrected chi connectivity index (χ0v) is 11.3. The molecule has 19 heavy (non-hydrogen) atoms. The van der Waals surface area contributed by atoms with E-state index in [4.69, 9.17) is 14.7 Å². The van der Waals surface area contributed by atoms with Gasteiger partial charge in [0.1, 0.15) is 5.60 Å². The molecule has 0 aromatic heterocycles. The van der Waals surface area contributed by atoms with Crippen molar-refractivity contribution in [2.45, 2.75) is 38.4 Å². The third kappa shape index (κ3) is 3.83. The van der Waals surface area contributed by atoms with E-state index in [1.54, 1.807) is 26.8 Å². The number of morpholine rings is 1. The molecule has 0 aliphatic carbocycles. The molecule has 0 aromatic carbocycles. The topological polar surface area (TPSA) is 99.9 Å². The van der Waals surface area contributed by atoms with E-state index in [2.05, 4.69) is 0 Å². The molecule has 0 saturated carbocycles. The van der Waals surface area contributed by atoms with Gasteiger partial charge in [-0.1, -0.05) is 0 Å². The molecule has 0 radical (unpaired) electrons. The predicted molar refractivity (Wildman–Crippen MR) is 64.4 cm³/mol. The first kappa shape index (κ1) is 15.2. The van der Waals surface area contributed by atoms with Crippen molar-refractivity contribution in [2.24, 2.45) is 0 Å². The number of carboxylic acid groups (broad SMARTS) is 1. The summed E-state index contributed by atoms with van der Waals surface area (Å²) in [5.74, 6) is -1.25. The largest absolute Gasteiger partial charge is 0.479 e. The Labute approximate surface area is 111 Å². The minimum Gasteiger partial charge on any atom is -0.479 e. The Hall–Kier alpha value is -1.81. The molecule has 1 amide bonds. The van der Waals surface area contributed by atoms with Crippen molar-refractivity contribution in [2.75, 3.05) is 19.7 Å². The van der Waals surface area contributed by atoms with Crippen LogP contribution in [0.4, 0.5) is 4.79 Å². The molecule has 1 aliphatic heterocycles. The molecule has 106 valence electrons. The zero-order valence-electron chi connectivity index (χ0n) is 11.3. The highest BCUT2D eigenvalue weighted by atomic mass is 16.6. The van der Waals surface area contributed by atoms with Crippen molar-refractivity contribution in [3.8, 4) is 6.07 Å². The standard InChI is InChI=1S/C12H18N2O5/c1-11(2,3)19-10(17)14-6-7-18-12(8-14,4-5-13)9(15)16/h4,6-8H2,1-3H3,(H,15,16). The van der Waals surface area contributed by atoms with Gasteiger partial charge >= 0.3 is 12.1 Å². The number of amides is 1. The lowest BCUT2D eigenvalue weighted by atomic mass is 9.98. The summed E-state index contributed by atoms with van der Waals surface area (Å²) in [4.78, 5) is 24.4. The number of aliphatic carboxylic acids is 1. The lowest BCUT2D eigenvalue weighted by Gasteiger charge is -2.38. The molecule has 1 rings (SSSR count). The van der Waals surface area contributed by atoms with Crippen LogP contribution in [0.25, 0.3) is 0 Å². The van der Waals surface area contributed by atoms with E-state index >= 15 is 0 Å². The van der Waals surface area contributed by atoms with Gasteiger partial charge in [-0.25, -0.2) is 9.59 Å². The molecule has 1 fully saturated rings. The van der Waals surface area contributed by atoms with Gasteiger partial charge in [0.25, 0.3) is 0 Å². The number of hydrogen-bond acceptors (Lipinski definition) is 5. The molecular weight excluding hydrogens is 252 g/mol. The summed E-state index contributed by atoms with van der Waals surface area (Å²) in [7, 11) is 0. The number of rotatable bonds is 2. The zero-order chi connectivity index (χ0) is 14.7. The van der Waals surface area contributed by atoms with Gasteiger partial charge < -0.3 is 19.5 Å². The Morgan fingerprint density at radius 3 is 2.63 bits per heavy atom. The normalized spacial score (nSPS) is 23.6. The molecule has 7 nitrogen and oxygen atoms in total. The van der Waals surface area contributed by atoms with Gasteiger partial charge in [0, 0.05) is 6.54 Å². The van der Waals surface area contributed by atoms with Crippen LogP contribution in [0.3, 0.4) is 0 Å². The maximum Gasteiger partial charge on any atom is 0.410 e.